The second-order valence-corrected chi connectivity index (χ2v) is 12.4. The van der Waals surface area contributed by atoms with Crippen molar-refractivity contribution in [3.63, 3.8) is 0 Å². The molecule has 10 heteroatoms. The lowest BCUT2D eigenvalue weighted by Crippen LogP contribution is -2.33. The number of unbranched alkanes of at least 4 members (excludes halogenated alkanes) is 1. The molecule has 0 radical (unpaired) electrons. The maximum Gasteiger partial charge on any atom is 0.426 e. The summed E-state index contributed by atoms with van der Waals surface area (Å²) in [6, 6.07) is 28.5. The monoisotopic (exact) mass is 624 g/mol. The number of fused-ring (bicyclic) bond motifs is 1. The van der Waals surface area contributed by atoms with Gasteiger partial charge in [0.05, 0.1) is 15.9 Å². The van der Waals surface area contributed by atoms with Crippen LogP contribution in [0.2, 0.25) is 0 Å². The summed E-state index contributed by atoms with van der Waals surface area (Å²) in [5.74, 6) is 1.27. The molecule has 232 valence electrons. The van der Waals surface area contributed by atoms with Crippen molar-refractivity contribution in [3.05, 3.63) is 108 Å². The first-order chi connectivity index (χ1) is 21.7. The lowest BCUT2D eigenvalue weighted by atomic mass is 10.0. The molecule has 0 saturated carbocycles. The molecule has 0 unspecified atom stereocenters. The highest BCUT2D eigenvalue weighted by atomic mass is 32.2. The Hall–Kier alpha value is -4.96. The van der Waals surface area contributed by atoms with Gasteiger partial charge in [-0.15, -0.1) is 0 Å². The summed E-state index contributed by atoms with van der Waals surface area (Å²) < 4.78 is 34.8. The Morgan fingerprint density at radius 2 is 1.62 bits per heavy atom. The van der Waals surface area contributed by atoms with E-state index in [1.54, 1.807) is 42.3 Å². The summed E-state index contributed by atoms with van der Waals surface area (Å²) in [4.78, 5) is 31.4. The Bertz CT molecular complexity index is 1920. The maximum absolute atomic E-state index is 12.6. The minimum Gasteiger partial charge on any atom is -0.409 e. The van der Waals surface area contributed by atoms with E-state index in [1.807, 2.05) is 66.2 Å². The van der Waals surface area contributed by atoms with Gasteiger partial charge in [0.2, 0.25) is 5.91 Å². The average Bonchev–Trinajstić information content (AvgIpc) is 3.39. The first kappa shape index (κ1) is 31.5. The van der Waals surface area contributed by atoms with Crippen molar-refractivity contribution in [1.82, 2.24) is 14.3 Å². The normalized spacial score (nSPS) is 11.4. The first-order valence-electron chi connectivity index (χ1n) is 14.9. The molecule has 0 spiro atoms. The van der Waals surface area contributed by atoms with Crippen LogP contribution in [0.5, 0.6) is 5.75 Å². The number of aromatic nitrogens is 2. The average molecular weight is 625 g/mol. The zero-order chi connectivity index (χ0) is 32.0. The Morgan fingerprint density at radius 3 is 2.33 bits per heavy atom. The number of carbonyl (C=O) groups is 2. The molecule has 0 aliphatic carbocycles. The van der Waals surface area contributed by atoms with Crippen LogP contribution in [-0.4, -0.2) is 37.0 Å². The van der Waals surface area contributed by atoms with Gasteiger partial charge in [0.1, 0.15) is 11.6 Å². The molecule has 0 fully saturated rings. The predicted molar refractivity (Wildman–Crippen MR) is 176 cm³/mol. The number of nitrogens with zero attached hydrogens (tertiary/aromatic N) is 3. The molecule has 4 aromatic carbocycles. The lowest BCUT2D eigenvalue weighted by molar-refractivity contribution is -0.118. The van der Waals surface area contributed by atoms with Crippen molar-refractivity contribution in [2.24, 2.45) is 0 Å². The van der Waals surface area contributed by atoms with Crippen LogP contribution in [0.1, 0.15) is 44.5 Å². The van der Waals surface area contributed by atoms with Crippen LogP contribution in [-0.2, 0) is 27.8 Å². The van der Waals surface area contributed by atoms with Gasteiger partial charge in [-0.25, -0.2) is 22.9 Å². The number of benzene rings is 4. The summed E-state index contributed by atoms with van der Waals surface area (Å²) in [6.07, 6.45) is 2.24. The third-order valence-corrected chi connectivity index (χ3v) is 8.92. The number of hydrogen-bond donors (Lipinski definition) is 1. The van der Waals surface area contributed by atoms with E-state index in [0.29, 0.717) is 18.5 Å². The fraction of sp³-hybridized carbons (Fsp3) is 0.229. The van der Waals surface area contributed by atoms with Crippen LogP contribution in [0.15, 0.2) is 102 Å². The zero-order valence-electron chi connectivity index (χ0n) is 25.6. The fourth-order valence-corrected chi connectivity index (χ4v) is 6.01. The smallest absolute Gasteiger partial charge is 0.409 e. The lowest BCUT2D eigenvalue weighted by Gasteiger charge is -2.16. The quantitative estimate of drug-likeness (QED) is 0.170. The van der Waals surface area contributed by atoms with Crippen LogP contribution in [0, 0.1) is 0 Å². The van der Waals surface area contributed by atoms with Crippen LogP contribution in [0.4, 0.5) is 10.5 Å². The SMILES string of the molecule is CCCCc1nc2cc(N(C)C(=O)CC)ccc2n1Cc1ccc(-c2ccccc2OC(=O)NS(=O)(=O)c2ccccc2)cc1. The van der Waals surface area contributed by atoms with Gasteiger partial charge in [-0.2, -0.15) is 0 Å². The van der Waals surface area contributed by atoms with Gasteiger partial charge in [0.15, 0.2) is 0 Å². The molecule has 2 amide bonds. The Labute approximate surface area is 263 Å². The van der Waals surface area contributed by atoms with Crippen LogP contribution in [0.25, 0.3) is 22.2 Å². The first-order valence-corrected chi connectivity index (χ1v) is 16.4. The maximum atomic E-state index is 12.6. The van der Waals surface area contributed by atoms with E-state index in [0.717, 1.165) is 52.9 Å². The number of imidazole rings is 1. The molecular formula is C35H36N4O5S. The highest BCUT2D eigenvalue weighted by Crippen LogP contribution is 2.31. The zero-order valence-corrected chi connectivity index (χ0v) is 26.4. The summed E-state index contributed by atoms with van der Waals surface area (Å²) in [5.41, 5.74) is 5.18. The molecule has 45 heavy (non-hydrogen) atoms. The topological polar surface area (TPSA) is 111 Å². The number of amides is 2. The number of aryl methyl sites for hydroxylation is 1. The van der Waals surface area contributed by atoms with Crippen molar-refractivity contribution in [2.45, 2.75) is 51.0 Å². The molecule has 0 saturated heterocycles. The second-order valence-electron chi connectivity index (χ2n) is 10.7. The molecule has 1 aromatic heterocycles. The number of para-hydroxylation sites is 1. The number of rotatable bonds is 11. The van der Waals surface area contributed by atoms with Gasteiger partial charge >= 0.3 is 6.09 Å². The fourth-order valence-electron chi connectivity index (χ4n) is 5.12. The highest BCUT2D eigenvalue weighted by Gasteiger charge is 2.20. The van der Waals surface area contributed by atoms with Crippen molar-refractivity contribution >= 4 is 38.7 Å². The minimum atomic E-state index is -4.07. The van der Waals surface area contributed by atoms with Gasteiger partial charge in [0.25, 0.3) is 10.0 Å². The van der Waals surface area contributed by atoms with E-state index in [2.05, 4.69) is 11.5 Å². The van der Waals surface area contributed by atoms with E-state index in [-0.39, 0.29) is 16.6 Å². The number of carbonyl (C=O) groups excluding carboxylic acids is 2. The van der Waals surface area contributed by atoms with Crippen molar-refractivity contribution in [3.8, 4) is 16.9 Å². The van der Waals surface area contributed by atoms with E-state index in [9.17, 15) is 18.0 Å². The molecule has 1 heterocycles. The molecule has 5 rings (SSSR count). The standard InChI is InChI=1S/C35H36N4O5S/c1-4-6-16-33-36-30-23-27(38(3)34(40)5-2)21-22-31(30)39(33)24-25-17-19-26(20-18-25)29-14-10-11-15-32(29)44-35(41)37-45(42,43)28-12-8-7-9-13-28/h7-15,17-23H,4-6,16,24H2,1-3H3,(H,37,41). The predicted octanol–water partition coefficient (Wildman–Crippen LogP) is 6.94. The van der Waals surface area contributed by atoms with E-state index < -0.39 is 16.1 Å². The Kier molecular flexibility index (Phi) is 9.63. The highest BCUT2D eigenvalue weighted by molar-refractivity contribution is 7.90. The summed E-state index contributed by atoms with van der Waals surface area (Å²) >= 11 is 0. The molecule has 1 N–H and O–H groups in total. The Balaban J connectivity index is 1.37. The molecule has 9 nitrogen and oxygen atoms in total. The van der Waals surface area contributed by atoms with Crippen molar-refractivity contribution in [2.75, 3.05) is 11.9 Å². The molecule has 0 aliphatic heterocycles. The molecule has 0 atom stereocenters. The summed E-state index contributed by atoms with van der Waals surface area (Å²) in [6.45, 7) is 4.61. The Morgan fingerprint density at radius 1 is 0.911 bits per heavy atom. The molecule has 0 aliphatic rings. The minimum absolute atomic E-state index is 0.0336. The number of anilines is 1. The molecule has 0 bridgehead atoms. The van der Waals surface area contributed by atoms with Crippen LogP contribution >= 0.6 is 0 Å². The van der Waals surface area contributed by atoms with Gasteiger partial charge in [0, 0.05) is 37.7 Å². The van der Waals surface area contributed by atoms with E-state index in [1.165, 1.54) is 12.1 Å². The van der Waals surface area contributed by atoms with Gasteiger partial charge in [-0.1, -0.05) is 80.9 Å². The van der Waals surface area contributed by atoms with Crippen molar-refractivity contribution in [1.29, 1.82) is 0 Å². The number of hydrogen-bond acceptors (Lipinski definition) is 6. The third-order valence-electron chi connectivity index (χ3n) is 7.60. The largest absolute Gasteiger partial charge is 0.426 e. The van der Waals surface area contributed by atoms with Crippen LogP contribution in [0.3, 0.4) is 0 Å². The third kappa shape index (κ3) is 7.24. The molecule has 5 aromatic rings. The summed E-state index contributed by atoms with van der Waals surface area (Å²) in [5, 5.41) is 0. The summed E-state index contributed by atoms with van der Waals surface area (Å²) in [7, 11) is -2.29. The van der Waals surface area contributed by atoms with Gasteiger partial charge in [-0.05, 0) is 53.9 Å². The number of ether oxygens (including phenoxy) is 1. The van der Waals surface area contributed by atoms with Gasteiger partial charge < -0.3 is 14.2 Å². The molecular weight excluding hydrogens is 588 g/mol. The van der Waals surface area contributed by atoms with Crippen molar-refractivity contribution < 1.29 is 22.7 Å². The number of sulfonamides is 1. The van der Waals surface area contributed by atoms with Gasteiger partial charge in [-0.3, -0.25) is 4.79 Å². The number of nitrogens with one attached hydrogen (secondary N) is 1. The van der Waals surface area contributed by atoms with Crippen LogP contribution < -0.4 is 14.4 Å². The van der Waals surface area contributed by atoms with E-state index >= 15 is 0 Å². The second kappa shape index (κ2) is 13.8. The van der Waals surface area contributed by atoms with E-state index in [4.69, 9.17) is 9.72 Å².